The number of anilines is 3. The maximum absolute atomic E-state index is 4.94. The average molecular weight is 380 g/mol. The lowest BCUT2D eigenvalue weighted by Crippen LogP contribution is -2.37. The van der Waals surface area contributed by atoms with Crippen molar-refractivity contribution in [1.82, 2.24) is 14.9 Å². The fourth-order valence-corrected chi connectivity index (χ4v) is 4.70. The SMILES string of the molecule is Cc1cc(C)c(Nc2nc(C)c3c(n2)N(CCN2CCCCC2)CC3)c(C)c1. The molecule has 0 radical (unpaired) electrons. The number of aryl methyl sites for hydroxylation is 4. The van der Waals surface area contributed by atoms with E-state index in [-0.39, 0.29) is 0 Å². The Morgan fingerprint density at radius 3 is 2.32 bits per heavy atom. The third-order valence-corrected chi connectivity index (χ3v) is 6.17. The fourth-order valence-electron chi connectivity index (χ4n) is 4.70. The van der Waals surface area contributed by atoms with Gasteiger partial charge in [-0.25, -0.2) is 4.98 Å². The predicted molar refractivity (Wildman–Crippen MR) is 117 cm³/mol. The van der Waals surface area contributed by atoms with E-state index in [1.54, 1.807) is 0 Å². The summed E-state index contributed by atoms with van der Waals surface area (Å²) in [5, 5.41) is 3.50. The Labute approximate surface area is 169 Å². The van der Waals surface area contributed by atoms with Crippen LogP contribution in [0.15, 0.2) is 12.1 Å². The molecule has 0 aliphatic carbocycles. The molecule has 3 heterocycles. The maximum atomic E-state index is 4.94. The zero-order valence-corrected chi connectivity index (χ0v) is 17.8. The minimum absolute atomic E-state index is 0.719. The smallest absolute Gasteiger partial charge is 0.229 e. The van der Waals surface area contributed by atoms with E-state index in [1.807, 2.05) is 0 Å². The van der Waals surface area contributed by atoms with Gasteiger partial charge in [-0.1, -0.05) is 24.1 Å². The first kappa shape index (κ1) is 19.2. The minimum atomic E-state index is 0.719. The number of hydrogen-bond donors (Lipinski definition) is 1. The van der Waals surface area contributed by atoms with Crippen LogP contribution in [-0.2, 0) is 6.42 Å². The van der Waals surface area contributed by atoms with Crippen molar-refractivity contribution in [2.75, 3.05) is 42.9 Å². The van der Waals surface area contributed by atoms with E-state index in [1.165, 1.54) is 54.6 Å². The van der Waals surface area contributed by atoms with Gasteiger partial charge in [-0.3, -0.25) is 0 Å². The Morgan fingerprint density at radius 2 is 1.61 bits per heavy atom. The Balaban J connectivity index is 1.53. The summed E-state index contributed by atoms with van der Waals surface area (Å²) in [4.78, 5) is 14.8. The molecule has 0 saturated carbocycles. The van der Waals surface area contributed by atoms with Crippen LogP contribution < -0.4 is 10.2 Å². The predicted octanol–water partition coefficient (Wildman–Crippen LogP) is 4.30. The second-order valence-electron chi connectivity index (χ2n) is 8.47. The standard InChI is InChI=1S/C23H33N5/c1-16-14-17(2)21(18(3)15-16)25-23-24-19(4)20-8-11-28(22(20)26-23)13-12-27-9-6-5-7-10-27/h14-15H,5-13H2,1-4H3,(H,24,25,26). The van der Waals surface area contributed by atoms with Gasteiger partial charge < -0.3 is 15.1 Å². The van der Waals surface area contributed by atoms with Crippen molar-refractivity contribution in [3.63, 3.8) is 0 Å². The summed E-state index contributed by atoms with van der Waals surface area (Å²) in [6.45, 7) is 14.3. The van der Waals surface area contributed by atoms with Gasteiger partial charge in [0.15, 0.2) is 0 Å². The summed E-state index contributed by atoms with van der Waals surface area (Å²) in [5.74, 6) is 1.85. The number of aromatic nitrogens is 2. The molecule has 0 amide bonds. The largest absolute Gasteiger partial charge is 0.355 e. The van der Waals surface area contributed by atoms with Gasteiger partial charge in [-0.15, -0.1) is 0 Å². The van der Waals surface area contributed by atoms with Crippen LogP contribution in [0, 0.1) is 27.7 Å². The van der Waals surface area contributed by atoms with Crippen LogP contribution in [0.4, 0.5) is 17.5 Å². The molecule has 2 aliphatic rings. The Hall–Kier alpha value is -2.14. The van der Waals surface area contributed by atoms with Gasteiger partial charge in [0.05, 0.1) is 0 Å². The molecule has 1 fully saturated rings. The molecule has 2 aliphatic heterocycles. The molecule has 0 bridgehead atoms. The highest BCUT2D eigenvalue weighted by molar-refractivity contribution is 5.66. The number of likely N-dealkylation sites (tertiary alicyclic amines) is 1. The molecule has 0 spiro atoms. The van der Waals surface area contributed by atoms with Gasteiger partial charge >= 0.3 is 0 Å². The molecule has 2 aromatic rings. The zero-order chi connectivity index (χ0) is 19.7. The van der Waals surface area contributed by atoms with E-state index >= 15 is 0 Å². The van der Waals surface area contributed by atoms with Crippen LogP contribution in [-0.4, -0.2) is 47.6 Å². The highest BCUT2D eigenvalue weighted by Crippen LogP contribution is 2.31. The van der Waals surface area contributed by atoms with Crippen molar-refractivity contribution in [2.24, 2.45) is 0 Å². The molecule has 1 aromatic heterocycles. The van der Waals surface area contributed by atoms with E-state index in [0.717, 1.165) is 49.2 Å². The normalized spacial score (nSPS) is 17.1. The highest BCUT2D eigenvalue weighted by atomic mass is 15.3. The molecule has 5 nitrogen and oxygen atoms in total. The number of hydrogen-bond acceptors (Lipinski definition) is 5. The van der Waals surface area contributed by atoms with E-state index in [2.05, 4.69) is 54.9 Å². The molecule has 0 atom stereocenters. The van der Waals surface area contributed by atoms with E-state index in [9.17, 15) is 0 Å². The topological polar surface area (TPSA) is 44.3 Å². The van der Waals surface area contributed by atoms with Crippen LogP contribution in [0.3, 0.4) is 0 Å². The third kappa shape index (κ3) is 4.00. The molecule has 5 heteroatoms. The Morgan fingerprint density at radius 1 is 0.893 bits per heavy atom. The minimum Gasteiger partial charge on any atom is -0.355 e. The molecular weight excluding hydrogens is 346 g/mol. The average Bonchev–Trinajstić information content (AvgIpc) is 3.07. The van der Waals surface area contributed by atoms with Crippen molar-refractivity contribution in [3.8, 4) is 0 Å². The molecular formula is C23H33N5. The molecule has 4 rings (SSSR count). The summed E-state index contributed by atoms with van der Waals surface area (Å²) in [5.41, 5.74) is 7.32. The van der Waals surface area contributed by atoms with Gasteiger partial charge in [0.1, 0.15) is 5.82 Å². The zero-order valence-electron chi connectivity index (χ0n) is 17.8. The Kier molecular flexibility index (Phi) is 5.54. The van der Waals surface area contributed by atoms with E-state index < -0.39 is 0 Å². The van der Waals surface area contributed by atoms with Crippen molar-refractivity contribution in [3.05, 3.63) is 40.1 Å². The number of fused-ring (bicyclic) bond motifs is 1. The number of nitrogens with one attached hydrogen (secondary N) is 1. The van der Waals surface area contributed by atoms with Crippen molar-refractivity contribution in [2.45, 2.75) is 53.4 Å². The van der Waals surface area contributed by atoms with Gasteiger partial charge in [0.2, 0.25) is 5.95 Å². The van der Waals surface area contributed by atoms with Crippen LogP contribution in [0.1, 0.15) is 47.2 Å². The summed E-state index contributed by atoms with van der Waals surface area (Å²) in [6.07, 6.45) is 5.15. The second kappa shape index (κ2) is 8.08. The summed E-state index contributed by atoms with van der Waals surface area (Å²) in [7, 11) is 0. The fraction of sp³-hybridized carbons (Fsp3) is 0.565. The van der Waals surface area contributed by atoms with Crippen LogP contribution in [0.2, 0.25) is 0 Å². The lowest BCUT2D eigenvalue weighted by molar-refractivity contribution is 0.233. The van der Waals surface area contributed by atoms with Gasteiger partial charge in [-0.05, 0) is 71.2 Å². The van der Waals surface area contributed by atoms with Gasteiger partial charge in [0.25, 0.3) is 0 Å². The van der Waals surface area contributed by atoms with E-state index in [4.69, 9.17) is 9.97 Å². The van der Waals surface area contributed by atoms with Gasteiger partial charge in [-0.2, -0.15) is 4.98 Å². The number of rotatable bonds is 5. The molecule has 0 unspecified atom stereocenters. The number of benzene rings is 1. The lowest BCUT2D eigenvalue weighted by Gasteiger charge is -2.29. The van der Waals surface area contributed by atoms with Crippen LogP contribution >= 0.6 is 0 Å². The first-order valence-electron chi connectivity index (χ1n) is 10.7. The lowest BCUT2D eigenvalue weighted by atomic mass is 10.1. The van der Waals surface area contributed by atoms with Gasteiger partial charge in [0, 0.05) is 36.6 Å². The number of nitrogens with zero attached hydrogens (tertiary/aromatic N) is 4. The first-order valence-corrected chi connectivity index (χ1v) is 10.7. The van der Waals surface area contributed by atoms with Crippen molar-refractivity contribution in [1.29, 1.82) is 0 Å². The second-order valence-corrected chi connectivity index (χ2v) is 8.47. The summed E-state index contributed by atoms with van der Waals surface area (Å²) >= 11 is 0. The van der Waals surface area contributed by atoms with Crippen molar-refractivity contribution >= 4 is 17.5 Å². The van der Waals surface area contributed by atoms with Crippen LogP contribution in [0.5, 0.6) is 0 Å². The molecule has 150 valence electrons. The summed E-state index contributed by atoms with van der Waals surface area (Å²) in [6, 6.07) is 4.42. The molecule has 28 heavy (non-hydrogen) atoms. The highest BCUT2D eigenvalue weighted by Gasteiger charge is 2.25. The Bertz CT molecular complexity index is 831. The molecule has 1 saturated heterocycles. The number of piperidine rings is 1. The molecule has 1 N–H and O–H groups in total. The monoisotopic (exact) mass is 379 g/mol. The van der Waals surface area contributed by atoms with Crippen LogP contribution in [0.25, 0.3) is 0 Å². The van der Waals surface area contributed by atoms with Crippen molar-refractivity contribution < 1.29 is 0 Å². The summed E-state index contributed by atoms with van der Waals surface area (Å²) < 4.78 is 0. The van der Waals surface area contributed by atoms with E-state index in [0.29, 0.717) is 0 Å². The molecule has 1 aromatic carbocycles. The first-order chi connectivity index (χ1) is 13.5. The maximum Gasteiger partial charge on any atom is 0.229 e. The third-order valence-electron chi connectivity index (χ3n) is 6.17. The quantitative estimate of drug-likeness (QED) is 0.839.